The van der Waals surface area contributed by atoms with Gasteiger partial charge in [-0.05, 0) is 58.4 Å². The first-order valence-corrected chi connectivity index (χ1v) is 6.80. The van der Waals surface area contributed by atoms with Crippen molar-refractivity contribution in [1.82, 2.24) is 0 Å². The molecule has 6 heteroatoms. The normalized spacial score (nSPS) is 10.6. The Morgan fingerprint density at radius 3 is 2.48 bits per heavy atom. The second-order valence-electron chi connectivity index (χ2n) is 4.03. The molecular formula is C15H12BrNO4. The van der Waals surface area contributed by atoms with Gasteiger partial charge in [0.1, 0.15) is 5.76 Å². The Morgan fingerprint density at radius 1 is 1.19 bits per heavy atom. The van der Waals surface area contributed by atoms with Gasteiger partial charge in [0, 0.05) is 11.8 Å². The van der Waals surface area contributed by atoms with Crippen LogP contribution in [0.5, 0.6) is 0 Å². The molecule has 1 aromatic carbocycles. The van der Waals surface area contributed by atoms with E-state index in [9.17, 15) is 9.59 Å². The summed E-state index contributed by atoms with van der Waals surface area (Å²) in [7, 11) is 1.32. The van der Waals surface area contributed by atoms with Gasteiger partial charge < -0.3 is 14.5 Å². The van der Waals surface area contributed by atoms with Crippen LogP contribution in [0.4, 0.5) is 5.69 Å². The van der Waals surface area contributed by atoms with Gasteiger partial charge in [0.25, 0.3) is 0 Å². The van der Waals surface area contributed by atoms with Crippen LogP contribution in [0.3, 0.4) is 0 Å². The number of hydrogen-bond acceptors (Lipinski definition) is 4. The van der Waals surface area contributed by atoms with Crippen LogP contribution in [0.15, 0.2) is 51.6 Å². The lowest BCUT2D eigenvalue weighted by molar-refractivity contribution is -0.111. The minimum atomic E-state index is -0.420. The first-order valence-electron chi connectivity index (χ1n) is 6.01. The van der Waals surface area contributed by atoms with E-state index in [0.29, 0.717) is 21.7 Å². The Labute approximate surface area is 129 Å². The van der Waals surface area contributed by atoms with E-state index in [-0.39, 0.29) is 5.91 Å². The first-order chi connectivity index (χ1) is 10.1. The van der Waals surface area contributed by atoms with Gasteiger partial charge in [-0.15, -0.1) is 0 Å². The zero-order valence-corrected chi connectivity index (χ0v) is 12.7. The SMILES string of the molecule is COC(=O)c1ccc(NC(=O)/C=C/c2ccc(Br)o2)cc1. The molecule has 1 heterocycles. The Balaban J connectivity index is 1.96. The highest BCUT2D eigenvalue weighted by Crippen LogP contribution is 2.15. The van der Waals surface area contributed by atoms with Crippen LogP contribution in [0.1, 0.15) is 16.1 Å². The Morgan fingerprint density at radius 2 is 1.90 bits per heavy atom. The van der Waals surface area contributed by atoms with Crippen molar-refractivity contribution < 1.29 is 18.7 Å². The molecule has 0 fully saturated rings. The summed E-state index contributed by atoms with van der Waals surface area (Å²) in [5.74, 6) is -0.150. The van der Waals surface area contributed by atoms with E-state index in [2.05, 4.69) is 26.0 Å². The molecule has 5 nitrogen and oxygen atoms in total. The number of carbonyl (C=O) groups is 2. The van der Waals surface area contributed by atoms with Crippen molar-refractivity contribution in [3.05, 3.63) is 58.5 Å². The number of ether oxygens (including phenoxy) is 1. The maximum atomic E-state index is 11.7. The van der Waals surface area contributed by atoms with Crippen molar-refractivity contribution in [1.29, 1.82) is 0 Å². The quantitative estimate of drug-likeness (QED) is 0.677. The molecule has 108 valence electrons. The highest BCUT2D eigenvalue weighted by molar-refractivity contribution is 9.10. The number of hydrogen-bond donors (Lipinski definition) is 1. The summed E-state index contributed by atoms with van der Waals surface area (Å²) >= 11 is 3.18. The molecule has 0 atom stereocenters. The van der Waals surface area contributed by atoms with Crippen LogP contribution in [0.2, 0.25) is 0 Å². The van der Waals surface area contributed by atoms with Crippen LogP contribution < -0.4 is 5.32 Å². The van der Waals surface area contributed by atoms with Crippen molar-refractivity contribution in [2.24, 2.45) is 0 Å². The topological polar surface area (TPSA) is 68.5 Å². The molecule has 2 aromatic rings. The summed E-state index contributed by atoms with van der Waals surface area (Å²) in [6.07, 6.45) is 2.92. The Hall–Kier alpha value is -2.34. The molecule has 0 aliphatic heterocycles. The summed E-state index contributed by atoms with van der Waals surface area (Å²) in [5.41, 5.74) is 1.00. The van der Waals surface area contributed by atoms with E-state index in [1.165, 1.54) is 13.2 Å². The maximum absolute atomic E-state index is 11.7. The molecule has 0 aliphatic rings. The number of carbonyl (C=O) groups excluding carboxylic acids is 2. The van der Waals surface area contributed by atoms with E-state index in [1.807, 2.05) is 0 Å². The largest absolute Gasteiger partial charge is 0.465 e. The average Bonchev–Trinajstić information content (AvgIpc) is 2.91. The fourth-order valence-corrected chi connectivity index (χ4v) is 1.89. The number of furan rings is 1. The molecule has 0 radical (unpaired) electrons. The van der Waals surface area contributed by atoms with Crippen molar-refractivity contribution in [3.8, 4) is 0 Å². The van der Waals surface area contributed by atoms with E-state index < -0.39 is 5.97 Å². The molecule has 0 unspecified atom stereocenters. The number of halogens is 1. The second-order valence-corrected chi connectivity index (χ2v) is 4.81. The standard InChI is InChI=1S/C15H12BrNO4/c1-20-15(19)10-2-4-11(5-3-10)17-14(18)9-7-12-6-8-13(16)21-12/h2-9H,1H3,(H,17,18)/b9-7+. The molecule has 1 N–H and O–H groups in total. The highest BCUT2D eigenvalue weighted by Gasteiger charge is 2.05. The zero-order chi connectivity index (χ0) is 15.2. The van der Waals surface area contributed by atoms with Crippen LogP contribution in [0.25, 0.3) is 6.08 Å². The summed E-state index contributed by atoms with van der Waals surface area (Å²) in [6, 6.07) is 9.88. The molecule has 1 amide bonds. The van der Waals surface area contributed by atoms with E-state index in [4.69, 9.17) is 4.42 Å². The molecule has 0 aliphatic carbocycles. The van der Waals surface area contributed by atoms with Gasteiger partial charge in [-0.25, -0.2) is 4.79 Å². The van der Waals surface area contributed by atoms with Crippen LogP contribution >= 0.6 is 15.9 Å². The van der Waals surface area contributed by atoms with E-state index >= 15 is 0 Å². The van der Waals surface area contributed by atoms with Gasteiger partial charge in [-0.2, -0.15) is 0 Å². The van der Waals surface area contributed by atoms with Crippen LogP contribution in [0, 0.1) is 0 Å². The molecule has 2 rings (SSSR count). The molecule has 0 saturated heterocycles. The van der Waals surface area contributed by atoms with Crippen molar-refractivity contribution in [3.63, 3.8) is 0 Å². The lowest BCUT2D eigenvalue weighted by atomic mass is 10.2. The number of anilines is 1. The third-order valence-electron chi connectivity index (χ3n) is 2.57. The summed E-state index contributed by atoms with van der Waals surface area (Å²) in [6.45, 7) is 0. The van der Waals surface area contributed by atoms with Gasteiger partial charge in [-0.1, -0.05) is 0 Å². The number of benzene rings is 1. The van der Waals surface area contributed by atoms with Crippen molar-refractivity contribution in [2.45, 2.75) is 0 Å². The summed E-state index contributed by atoms with van der Waals surface area (Å²) in [5, 5.41) is 2.67. The lowest BCUT2D eigenvalue weighted by Crippen LogP contribution is -2.08. The molecular weight excluding hydrogens is 338 g/mol. The molecule has 0 bridgehead atoms. The van der Waals surface area contributed by atoms with Crippen LogP contribution in [-0.2, 0) is 9.53 Å². The number of rotatable bonds is 4. The molecule has 0 spiro atoms. The maximum Gasteiger partial charge on any atom is 0.337 e. The zero-order valence-electron chi connectivity index (χ0n) is 11.1. The summed E-state index contributed by atoms with van der Waals surface area (Å²) < 4.78 is 10.4. The third kappa shape index (κ3) is 4.32. The molecule has 21 heavy (non-hydrogen) atoms. The smallest absolute Gasteiger partial charge is 0.337 e. The minimum Gasteiger partial charge on any atom is -0.465 e. The molecule has 0 saturated carbocycles. The predicted molar refractivity (Wildman–Crippen MR) is 81.9 cm³/mol. The first kappa shape index (κ1) is 15.1. The highest BCUT2D eigenvalue weighted by atomic mass is 79.9. The van der Waals surface area contributed by atoms with Gasteiger partial charge in [-0.3, -0.25) is 4.79 Å². The fourth-order valence-electron chi connectivity index (χ4n) is 1.57. The number of esters is 1. The van der Waals surface area contributed by atoms with E-state index in [1.54, 1.807) is 42.5 Å². The molecule has 1 aromatic heterocycles. The van der Waals surface area contributed by atoms with E-state index in [0.717, 1.165) is 0 Å². The third-order valence-corrected chi connectivity index (χ3v) is 2.99. The fraction of sp³-hybridized carbons (Fsp3) is 0.0667. The second kappa shape index (κ2) is 6.90. The summed E-state index contributed by atoms with van der Waals surface area (Å²) in [4.78, 5) is 23.0. The van der Waals surface area contributed by atoms with Crippen molar-refractivity contribution >= 4 is 39.6 Å². The van der Waals surface area contributed by atoms with Gasteiger partial charge >= 0.3 is 5.97 Å². The minimum absolute atomic E-state index is 0.298. The monoisotopic (exact) mass is 349 g/mol. The van der Waals surface area contributed by atoms with Gasteiger partial charge in [0.05, 0.1) is 12.7 Å². The van der Waals surface area contributed by atoms with Gasteiger partial charge in [0.15, 0.2) is 4.67 Å². The number of nitrogens with one attached hydrogen (secondary N) is 1. The number of methoxy groups -OCH3 is 1. The average molecular weight is 350 g/mol. The Bertz CT molecular complexity index is 673. The van der Waals surface area contributed by atoms with Crippen molar-refractivity contribution in [2.75, 3.05) is 12.4 Å². The van der Waals surface area contributed by atoms with Crippen LogP contribution in [-0.4, -0.2) is 19.0 Å². The lowest BCUT2D eigenvalue weighted by Gasteiger charge is -2.03. The predicted octanol–water partition coefficient (Wildman–Crippen LogP) is 3.48. The Kier molecular flexibility index (Phi) is 4.94. The number of amides is 1. The van der Waals surface area contributed by atoms with Gasteiger partial charge in [0.2, 0.25) is 5.91 Å².